The van der Waals surface area contributed by atoms with Gasteiger partial charge in [0.05, 0.1) is 19.0 Å². The number of ether oxygens (including phenoxy) is 1. The van der Waals surface area contributed by atoms with Gasteiger partial charge in [0.1, 0.15) is 24.4 Å². The Hall–Kier alpha value is -3.24. The van der Waals surface area contributed by atoms with Gasteiger partial charge in [-0.3, -0.25) is 0 Å². The Morgan fingerprint density at radius 2 is 1.65 bits per heavy atom. The van der Waals surface area contributed by atoms with Crippen LogP contribution in [0.4, 0.5) is 4.39 Å². The molecule has 2 nitrogen and oxygen atoms in total. The van der Waals surface area contributed by atoms with Gasteiger partial charge in [-0.25, -0.2) is 8.96 Å². The van der Waals surface area contributed by atoms with Crippen molar-refractivity contribution in [3.8, 4) is 22.8 Å². The van der Waals surface area contributed by atoms with Crippen molar-refractivity contribution in [1.82, 2.24) is 0 Å². The van der Waals surface area contributed by atoms with Crippen LogP contribution in [0.15, 0.2) is 54.7 Å². The molecule has 0 bridgehead atoms. The molecular formula is C33H35FNOSi+. The first-order valence-electron chi connectivity index (χ1n) is 13.2. The molecule has 0 saturated carbocycles. The summed E-state index contributed by atoms with van der Waals surface area (Å²) < 4.78 is 23.5. The maximum absolute atomic E-state index is 14.3. The van der Waals surface area contributed by atoms with Gasteiger partial charge in [-0.05, 0) is 64.1 Å². The Morgan fingerprint density at radius 1 is 0.892 bits per heavy atom. The van der Waals surface area contributed by atoms with E-state index in [1.165, 1.54) is 33.2 Å². The zero-order chi connectivity index (χ0) is 26.4. The minimum atomic E-state index is -1.50. The second kappa shape index (κ2) is 7.88. The average molecular weight is 509 g/mol. The zero-order valence-corrected chi connectivity index (χ0v) is 24.1. The van der Waals surface area contributed by atoms with Crippen LogP contribution in [0.5, 0.6) is 11.5 Å². The van der Waals surface area contributed by atoms with Crippen molar-refractivity contribution in [2.75, 3.05) is 0 Å². The fourth-order valence-electron chi connectivity index (χ4n) is 5.98. The number of rotatable bonds is 2. The Labute approximate surface area is 219 Å². The molecule has 0 amide bonds. The van der Waals surface area contributed by atoms with Gasteiger partial charge in [0.25, 0.3) is 0 Å². The maximum atomic E-state index is 14.3. The Morgan fingerprint density at radius 3 is 2.35 bits per heavy atom. The van der Waals surface area contributed by atoms with Gasteiger partial charge in [-0.1, -0.05) is 69.9 Å². The number of pyridine rings is 1. The standard InChI is InChI=1S/C33H35FNOSi/c1-19-23-12-11-22(37(6,7)8)17-26(23)27(18-33(2,3)4)32-29(19)31-30-24(13-14-35(31)5)25-16-21(34)10-9-20(25)15-28(30)36-32/h9-17H,18H2,1-8H3/q+1. The number of fused-ring (bicyclic) bond motifs is 5. The third-order valence-electron chi connectivity index (χ3n) is 7.81. The van der Waals surface area contributed by atoms with Crippen LogP contribution in [0.2, 0.25) is 19.6 Å². The molecule has 1 aromatic heterocycles. The van der Waals surface area contributed by atoms with Crippen molar-refractivity contribution in [3.63, 3.8) is 0 Å². The lowest BCUT2D eigenvalue weighted by Crippen LogP contribution is -2.37. The highest BCUT2D eigenvalue weighted by Gasteiger charge is 2.34. The molecule has 37 heavy (non-hydrogen) atoms. The quantitative estimate of drug-likeness (QED) is 0.130. The van der Waals surface area contributed by atoms with Gasteiger partial charge in [0, 0.05) is 17.0 Å². The van der Waals surface area contributed by atoms with E-state index in [1.54, 1.807) is 6.07 Å². The molecule has 0 aliphatic carbocycles. The first-order valence-corrected chi connectivity index (χ1v) is 16.7. The summed E-state index contributed by atoms with van der Waals surface area (Å²) in [6.45, 7) is 16.3. The molecule has 4 aromatic carbocycles. The molecule has 0 saturated heterocycles. The molecule has 0 fully saturated rings. The summed E-state index contributed by atoms with van der Waals surface area (Å²) in [5.41, 5.74) is 4.90. The minimum Gasteiger partial charge on any atom is -0.455 e. The summed E-state index contributed by atoms with van der Waals surface area (Å²) in [5.74, 6) is 1.61. The van der Waals surface area contributed by atoms with Crippen molar-refractivity contribution < 1.29 is 13.7 Å². The molecule has 1 aliphatic heterocycles. The highest BCUT2D eigenvalue weighted by atomic mass is 28.3. The van der Waals surface area contributed by atoms with Gasteiger partial charge in [-0.15, -0.1) is 0 Å². The molecule has 0 N–H and O–H groups in total. The predicted octanol–water partition coefficient (Wildman–Crippen LogP) is 8.32. The van der Waals surface area contributed by atoms with Gasteiger partial charge >= 0.3 is 0 Å². The monoisotopic (exact) mass is 508 g/mol. The summed E-state index contributed by atoms with van der Waals surface area (Å²) in [6, 6.07) is 16.3. The SMILES string of the molecule is Cc1c2c(c(CC(C)(C)C)c3cc([Si](C)(C)C)ccc13)Oc1cc3ccc(F)cc3c3cc[n+](C)c-2c13. The Balaban J connectivity index is 1.79. The molecule has 4 heteroatoms. The number of aromatic nitrogens is 1. The molecule has 2 heterocycles. The Bertz CT molecular complexity index is 1770. The van der Waals surface area contributed by atoms with Crippen molar-refractivity contribution >= 4 is 45.6 Å². The van der Waals surface area contributed by atoms with E-state index in [1.807, 2.05) is 6.07 Å². The fraction of sp³-hybridized carbons (Fsp3) is 0.303. The lowest BCUT2D eigenvalue weighted by Gasteiger charge is -2.29. The molecular weight excluding hydrogens is 473 g/mol. The number of hydrogen-bond donors (Lipinski definition) is 0. The summed E-state index contributed by atoms with van der Waals surface area (Å²) in [6.07, 6.45) is 3.01. The van der Waals surface area contributed by atoms with Crippen molar-refractivity contribution in [3.05, 3.63) is 71.7 Å². The Kier molecular flexibility index (Phi) is 5.13. The molecule has 0 radical (unpaired) electrons. The van der Waals surface area contributed by atoms with Crippen LogP contribution in [-0.2, 0) is 13.5 Å². The first kappa shape index (κ1) is 24.1. The molecule has 0 unspecified atom stereocenters. The van der Waals surface area contributed by atoms with E-state index < -0.39 is 8.07 Å². The van der Waals surface area contributed by atoms with Crippen LogP contribution in [0.1, 0.15) is 31.9 Å². The van der Waals surface area contributed by atoms with E-state index in [0.717, 1.165) is 50.7 Å². The smallest absolute Gasteiger partial charge is 0.228 e. The van der Waals surface area contributed by atoms with Crippen molar-refractivity contribution in [2.45, 2.75) is 53.8 Å². The number of benzene rings is 4. The summed E-state index contributed by atoms with van der Waals surface area (Å²) in [4.78, 5) is 0. The predicted molar refractivity (Wildman–Crippen MR) is 156 cm³/mol. The van der Waals surface area contributed by atoms with Gasteiger partial charge in [-0.2, -0.15) is 0 Å². The van der Waals surface area contributed by atoms with E-state index in [9.17, 15) is 4.39 Å². The highest BCUT2D eigenvalue weighted by Crippen LogP contribution is 2.52. The summed E-state index contributed by atoms with van der Waals surface area (Å²) in [5, 5.41) is 8.05. The van der Waals surface area contributed by atoms with E-state index in [0.29, 0.717) is 0 Å². The van der Waals surface area contributed by atoms with Crippen molar-refractivity contribution in [2.24, 2.45) is 12.5 Å². The third-order valence-corrected chi connectivity index (χ3v) is 9.85. The number of aryl methyl sites for hydroxylation is 2. The maximum Gasteiger partial charge on any atom is 0.228 e. The molecule has 0 atom stereocenters. The van der Waals surface area contributed by atoms with Crippen LogP contribution in [0.25, 0.3) is 43.6 Å². The molecule has 1 aliphatic rings. The van der Waals surface area contributed by atoms with Gasteiger partial charge < -0.3 is 4.74 Å². The van der Waals surface area contributed by atoms with E-state index in [4.69, 9.17) is 4.74 Å². The topological polar surface area (TPSA) is 13.1 Å². The van der Waals surface area contributed by atoms with Crippen LogP contribution >= 0.6 is 0 Å². The largest absolute Gasteiger partial charge is 0.455 e. The zero-order valence-electron chi connectivity index (χ0n) is 23.1. The third kappa shape index (κ3) is 3.76. The van der Waals surface area contributed by atoms with Gasteiger partial charge in [0.2, 0.25) is 5.69 Å². The van der Waals surface area contributed by atoms with Crippen LogP contribution in [0.3, 0.4) is 0 Å². The van der Waals surface area contributed by atoms with E-state index in [2.05, 4.69) is 95.5 Å². The highest BCUT2D eigenvalue weighted by molar-refractivity contribution is 6.88. The van der Waals surface area contributed by atoms with Gasteiger partial charge in [0.15, 0.2) is 6.20 Å². The normalized spacial score (nSPS) is 13.3. The molecule has 6 rings (SSSR count). The van der Waals surface area contributed by atoms with Crippen LogP contribution < -0.4 is 14.5 Å². The number of halogens is 1. The lowest BCUT2D eigenvalue weighted by molar-refractivity contribution is -0.659. The molecule has 5 aromatic rings. The number of nitrogens with zero attached hydrogens (tertiary/aromatic N) is 1. The van der Waals surface area contributed by atoms with E-state index >= 15 is 0 Å². The molecule has 0 spiro atoms. The number of hydrogen-bond acceptors (Lipinski definition) is 1. The molecule has 188 valence electrons. The van der Waals surface area contributed by atoms with Crippen LogP contribution in [0, 0.1) is 18.2 Å². The summed E-state index contributed by atoms with van der Waals surface area (Å²) >= 11 is 0. The first-order chi connectivity index (χ1) is 17.3. The summed E-state index contributed by atoms with van der Waals surface area (Å²) in [7, 11) is 0.600. The second-order valence-corrected chi connectivity index (χ2v) is 18.0. The van der Waals surface area contributed by atoms with E-state index in [-0.39, 0.29) is 11.2 Å². The van der Waals surface area contributed by atoms with Crippen LogP contribution in [-0.4, -0.2) is 8.07 Å². The van der Waals surface area contributed by atoms with Crippen molar-refractivity contribution in [1.29, 1.82) is 0 Å². The second-order valence-electron chi connectivity index (χ2n) is 13.0. The fourth-order valence-corrected chi connectivity index (χ4v) is 7.14. The lowest BCUT2D eigenvalue weighted by atomic mass is 9.81. The average Bonchev–Trinajstić information content (AvgIpc) is 2.81. The minimum absolute atomic E-state index is 0.0872.